The monoisotopic (exact) mass is 414 g/mol. The lowest BCUT2D eigenvalue weighted by Gasteiger charge is -2.32. The summed E-state index contributed by atoms with van der Waals surface area (Å²) in [5.74, 6) is 2.01. The summed E-state index contributed by atoms with van der Waals surface area (Å²) >= 11 is 0. The van der Waals surface area contributed by atoms with Gasteiger partial charge in [0.05, 0.1) is 7.11 Å². The van der Waals surface area contributed by atoms with E-state index in [1.807, 2.05) is 29.2 Å². The summed E-state index contributed by atoms with van der Waals surface area (Å²) in [7, 11) is 3.21. The second-order valence-corrected chi connectivity index (χ2v) is 7.63. The van der Waals surface area contributed by atoms with Gasteiger partial charge in [-0.25, -0.2) is 0 Å². The number of furan rings is 1. The highest BCUT2D eigenvalue weighted by Gasteiger charge is 2.26. The lowest BCUT2D eigenvalue weighted by molar-refractivity contribution is -0.121. The molecule has 30 heavy (non-hydrogen) atoms. The van der Waals surface area contributed by atoms with Crippen LogP contribution in [0.3, 0.4) is 0 Å². The maximum Gasteiger partial charge on any atom is 0.289 e. The predicted molar refractivity (Wildman–Crippen MR) is 112 cm³/mol. The molecule has 0 spiro atoms. The summed E-state index contributed by atoms with van der Waals surface area (Å²) in [5.41, 5.74) is 1.00. The Kier molecular flexibility index (Phi) is 7.90. The van der Waals surface area contributed by atoms with Crippen LogP contribution in [0.2, 0.25) is 0 Å². The summed E-state index contributed by atoms with van der Waals surface area (Å²) in [4.78, 5) is 26.8. The summed E-state index contributed by atoms with van der Waals surface area (Å²) < 4.78 is 15.8. The van der Waals surface area contributed by atoms with Gasteiger partial charge in [0.15, 0.2) is 5.76 Å². The van der Waals surface area contributed by atoms with Crippen LogP contribution in [0.15, 0.2) is 40.8 Å². The number of methoxy groups -OCH3 is 2. The number of carbonyl (C=O) groups is 2. The van der Waals surface area contributed by atoms with Crippen LogP contribution in [0.4, 0.5) is 0 Å². The van der Waals surface area contributed by atoms with E-state index >= 15 is 0 Å². The molecule has 0 radical (unpaired) electrons. The van der Waals surface area contributed by atoms with Gasteiger partial charge in [-0.15, -0.1) is 0 Å². The highest BCUT2D eigenvalue weighted by molar-refractivity contribution is 5.91. The van der Waals surface area contributed by atoms with Crippen LogP contribution >= 0.6 is 0 Å². The Morgan fingerprint density at radius 1 is 1.23 bits per heavy atom. The normalized spacial score (nSPS) is 16.3. The molecule has 0 bridgehead atoms. The van der Waals surface area contributed by atoms with Crippen molar-refractivity contribution in [3.63, 3.8) is 0 Å². The van der Waals surface area contributed by atoms with E-state index in [1.165, 1.54) is 0 Å². The van der Waals surface area contributed by atoms with Crippen LogP contribution in [0.1, 0.15) is 47.6 Å². The molecule has 0 saturated carbocycles. The Bertz CT molecular complexity index is 848. The number of hydrogen-bond acceptors (Lipinski definition) is 5. The van der Waals surface area contributed by atoms with Crippen LogP contribution in [0.25, 0.3) is 0 Å². The van der Waals surface area contributed by atoms with E-state index in [1.54, 1.807) is 26.4 Å². The fraction of sp³-hybridized carbons (Fsp3) is 0.478. The number of piperidine rings is 1. The average molecular weight is 415 g/mol. The topological polar surface area (TPSA) is 81.0 Å². The van der Waals surface area contributed by atoms with Gasteiger partial charge in [-0.3, -0.25) is 9.59 Å². The molecule has 1 aliphatic rings. The fourth-order valence-electron chi connectivity index (χ4n) is 3.76. The average Bonchev–Trinajstić information content (AvgIpc) is 3.25. The zero-order valence-electron chi connectivity index (χ0n) is 17.7. The Hall–Kier alpha value is -2.80. The van der Waals surface area contributed by atoms with Gasteiger partial charge in [-0.05, 0) is 55.0 Å². The molecule has 2 amide bonds. The first-order valence-electron chi connectivity index (χ1n) is 10.4. The first kappa shape index (κ1) is 21.9. The van der Waals surface area contributed by atoms with Gasteiger partial charge in [0.25, 0.3) is 5.91 Å². The number of nitrogens with zero attached hydrogens (tertiary/aromatic N) is 1. The second kappa shape index (κ2) is 10.8. The van der Waals surface area contributed by atoms with Crippen LogP contribution in [0.5, 0.6) is 5.75 Å². The third kappa shape index (κ3) is 6.10. The van der Waals surface area contributed by atoms with Crippen molar-refractivity contribution in [1.82, 2.24) is 10.2 Å². The van der Waals surface area contributed by atoms with Gasteiger partial charge in [0.2, 0.25) is 5.91 Å². The maximum atomic E-state index is 12.7. The van der Waals surface area contributed by atoms with Gasteiger partial charge in [0.1, 0.15) is 18.1 Å². The Morgan fingerprint density at radius 3 is 2.90 bits per heavy atom. The zero-order chi connectivity index (χ0) is 21.3. The Labute approximate surface area is 177 Å². The van der Waals surface area contributed by atoms with Crippen molar-refractivity contribution in [3.05, 3.63) is 53.5 Å². The molecule has 7 heteroatoms. The van der Waals surface area contributed by atoms with Crippen LogP contribution in [-0.2, 0) is 22.7 Å². The lowest BCUT2D eigenvalue weighted by atomic mass is 9.93. The van der Waals surface area contributed by atoms with Crippen molar-refractivity contribution in [2.24, 2.45) is 5.92 Å². The molecule has 1 atom stereocenters. The zero-order valence-corrected chi connectivity index (χ0v) is 17.7. The van der Waals surface area contributed by atoms with Gasteiger partial charge < -0.3 is 24.1 Å². The quantitative estimate of drug-likeness (QED) is 0.680. The van der Waals surface area contributed by atoms with Crippen molar-refractivity contribution in [2.75, 3.05) is 27.3 Å². The first-order chi connectivity index (χ1) is 14.6. The molecule has 1 N–H and O–H groups in total. The predicted octanol–water partition coefficient (Wildman–Crippen LogP) is 3.38. The number of hydrogen-bond donors (Lipinski definition) is 1. The molecule has 3 rings (SSSR count). The number of likely N-dealkylation sites (tertiary alicyclic amines) is 1. The van der Waals surface area contributed by atoms with Gasteiger partial charge in [-0.2, -0.15) is 0 Å². The molecule has 2 heterocycles. The number of carbonyl (C=O) groups excluding carboxylic acids is 2. The van der Waals surface area contributed by atoms with E-state index in [9.17, 15) is 9.59 Å². The molecule has 1 aromatic carbocycles. The van der Waals surface area contributed by atoms with Gasteiger partial charge in [0, 0.05) is 33.2 Å². The third-order valence-corrected chi connectivity index (χ3v) is 5.37. The van der Waals surface area contributed by atoms with Crippen LogP contribution in [0, 0.1) is 5.92 Å². The third-order valence-electron chi connectivity index (χ3n) is 5.37. The summed E-state index contributed by atoms with van der Waals surface area (Å²) in [6, 6.07) is 11.1. The minimum Gasteiger partial charge on any atom is -0.497 e. The van der Waals surface area contributed by atoms with E-state index in [0.717, 1.165) is 37.1 Å². The molecule has 1 aliphatic heterocycles. The van der Waals surface area contributed by atoms with Crippen molar-refractivity contribution in [1.29, 1.82) is 0 Å². The Morgan fingerprint density at radius 2 is 2.10 bits per heavy atom. The molecule has 0 unspecified atom stereocenters. The van der Waals surface area contributed by atoms with E-state index < -0.39 is 0 Å². The first-order valence-corrected chi connectivity index (χ1v) is 10.4. The van der Waals surface area contributed by atoms with E-state index in [4.69, 9.17) is 13.9 Å². The summed E-state index contributed by atoms with van der Waals surface area (Å²) in [5, 5.41) is 2.96. The SMILES string of the molecule is COCc1ccc(C(=O)N2CCC[C@@H](CCC(=O)NCc3cccc(OC)c3)C2)o1. The molecular formula is C23H30N2O5. The summed E-state index contributed by atoms with van der Waals surface area (Å²) in [6.07, 6.45) is 3.18. The van der Waals surface area contributed by atoms with Gasteiger partial charge >= 0.3 is 0 Å². The summed E-state index contributed by atoms with van der Waals surface area (Å²) in [6.45, 7) is 2.20. The number of nitrogens with one attached hydrogen (secondary N) is 1. The van der Waals surface area contributed by atoms with Crippen molar-refractivity contribution in [3.8, 4) is 5.75 Å². The number of ether oxygens (including phenoxy) is 2. The number of rotatable bonds is 9. The maximum absolute atomic E-state index is 12.7. The lowest BCUT2D eigenvalue weighted by Crippen LogP contribution is -2.40. The molecular weight excluding hydrogens is 384 g/mol. The number of benzene rings is 1. The van der Waals surface area contributed by atoms with Crippen molar-refractivity contribution < 1.29 is 23.5 Å². The minimum absolute atomic E-state index is 0.0245. The number of amides is 2. The molecule has 7 nitrogen and oxygen atoms in total. The van der Waals surface area contributed by atoms with Crippen LogP contribution in [-0.4, -0.2) is 44.0 Å². The van der Waals surface area contributed by atoms with Crippen LogP contribution < -0.4 is 10.1 Å². The molecule has 1 fully saturated rings. The van der Waals surface area contributed by atoms with Crippen molar-refractivity contribution in [2.45, 2.75) is 38.8 Å². The smallest absolute Gasteiger partial charge is 0.289 e. The standard InChI is InChI=1S/C23H30N2O5/c1-28-16-20-9-10-21(30-20)23(27)25-12-4-6-17(15-25)8-11-22(26)24-14-18-5-3-7-19(13-18)29-2/h3,5,7,9-10,13,17H,4,6,8,11-12,14-16H2,1-2H3,(H,24,26)/t17-/m0/s1. The largest absolute Gasteiger partial charge is 0.497 e. The fourth-order valence-corrected chi connectivity index (χ4v) is 3.76. The van der Waals surface area contributed by atoms with Crippen molar-refractivity contribution >= 4 is 11.8 Å². The molecule has 1 aromatic heterocycles. The van der Waals surface area contributed by atoms with E-state index in [2.05, 4.69) is 5.32 Å². The van der Waals surface area contributed by atoms with Gasteiger partial charge in [-0.1, -0.05) is 12.1 Å². The molecule has 1 saturated heterocycles. The van der Waals surface area contributed by atoms with E-state index in [-0.39, 0.29) is 11.8 Å². The van der Waals surface area contributed by atoms with E-state index in [0.29, 0.717) is 43.6 Å². The molecule has 0 aliphatic carbocycles. The highest BCUT2D eigenvalue weighted by atomic mass is 16.5. The molecule has 2 aromatic rings. The second-order valence-electron chi connectivity index (χ2n) is 7.63. The minimum atomic E-state index is -0.0930. The Balaban J connectivity index is 1.43. The highest BCUT2D eigenvalue weighted by Crippen LogP contribution is 2.23. The molecule has 162 valence electrons.